The zero-order valence-electron chi connectivity index (χ0n) is 12.7. The van der Waals surface area contributed by atoms with Crippen LogP contribution in [-0.4, -0.2) is 32.9 Å². The maximum atomic E-state index is 5.64. The Balaban J connectivity index is 2.37. The lowest BCUT2D eigenvalue weighted by atomic mass is 9.76. The van der Waals surface area contributed by atoms with Crippen LogP contribution < -0.4 is 10.1 Å². The summed E-state index contributed by atoms with van der Waals surface area (Å²) in [7, 11) is 1.75. The summed E-state index contributed by atoms with van der Waals surface area (Å²) >= 11 is 0. The molecular weight excluding hydrogens is 238 g/mol. The van der Waals surface area contributed by atoms with Crippen LogP contribution in [0.3, 0.4) is 0 Å². The van der Waals surface area contributed by atoms with Crippen LogP contribution in [0.25, 0.3) is 0 Å². The first-order chi connectivity index (χ1) is 8.98. The molecule has 3 heteroatoms. The molecular formula is C16H25NO2. The minimum atomic E-state index is 0.0619. The monoisotopic (exact) mass is 263 g/mol. The molecule has 0 saturated carbocycles. The van der Waals surface area contributed by atoms with Crippen molar-refractivity contribution in [3.8, 4) is 5.75 Å². The zero-order valence-corrected chi connectivity index (χ0v) is 12.7. The highest BCUT2D eigenvalue weighted by atomic mass is 16.5. The molecule has 0 spiro atoms. The topological polar surface area (TPSA) is 30.5 Å². The molecule has 0 aliphatic carbocycles. The van der Waals surface area contributed by atoms with Crippen molar-refractivity contribution in [3.05, 3.63) is 28.8 Å². The molecule has 0 radical (unpaired) electrons. The Morgan fingerprint density at radius 1 is 1.32 bits per heavy atom. The van der Waals surface area contributed by atoms with E-state index in [-0.39, 0.29) is 5.41 Å². The molecule has 19 heavy (non-hydrogen) atoms. The van der Waals surface area contributed by atoms with Crippen molar-refractivity contribution in [1.29, 1.82) is 0 Å². The second-order valence-corrected chi connectivity index (χ2v) is 5.97. The fourth-order valence-electron chi connectivity index (χ4n) is 2.72. The maximum absolute atomic E-state index is 5.64. The van der Waals surface area contributed by atoms with Crippen molar-refractivity contribution in [2.24, 2.45) is 0 Å². The summed E-state index contributed by atoms with van der Waals surface area (Å²) < 4.78 is 11.1. The van der Waals surface area contributed by atoms with Gasteiger partial charge in [-0.15, -0.1) is 0 Å². The van der Waals surface area contributed by atoms with E-state index in [1.54, 1.807) is 7.11 Å². The Morgan fingerprint density at radius 3 is 2.47 bits per heavy atom. The molecule has 0 atom stereocenters. The third-order valence-corrected chi connectivity index (χ3v) is 3.80. The molecule has 3 nitrogen and oxygen atoms in total. The van der Waals surface area contributed by atoms with E-state index in [0.717, 1.165) is 25.5 Å². The Kier molecular flexibility index (Phi) is 4.16. The molecule has 106 valence electrons. The first kappa shape index (κ1) is 14.4. The largest absolute Gasteiger partial charge is 0.496 e. The van der Waals surface area contributed by atoms with Gasteiger partial charge in [0, 0.05) is 18.2 Å². The van der Waals surface area contributed by atoms with E-state index in [9.17, 15) is 0 Å². The average Bonchev–Trinajstić information content (AvgIpc) is 2.26. The Bertz CT molecular complexity index is 450. The molecule has 2 rings (SSSR count). The number of nitrogens with one attached hydrogen (secondary N) is 1. The smallest absolute Gasteiger partial charge is 0.125 e. The van der Waals surface area contributed by atoms with Gasteiger partial charge >= 0.3 is 0 Å². The summed E-state index contributed by atoms with van der Waals surface area (Å²) in [6.45, 7) is 11.1. The Labute approximate surface area is 116 Å². The number of aryl methyl sites for hydroxylation is 2. The van der Waals surface area contributed by atoms with Crippen molar-refractivity contribution in [2.75, 3.05) is 26.9 Å². The van der Waals surface area contributed by atoms with Gasteiger partial charge in [0.05, 0.1) is 25.7 Å². The highest BCUT2D eigenvalue weighted by Crippen LogP contribution is 2.40. The summed E-state index contributed by atoms with van der Waals surface area (Å²) in [6.07, 6.45) is 0. The molecule has 1 aliphatic heterocycles. The van der Waals surface area contributed by atoms with Crippen LogP contribution in [0.4, 0.5) is 0 Å². The van der Waals surface area contributed by atoms with E-state index in [1.807, 2.05) is 0 Å². The van der Waals surface area contributed by atoms with Crippen LogP contribution in [0.2, 0.25) is 0 Å². The lowest BCUT2D eigenvalue weighted by Crippen LogP contribution is -2.54. The first-order valence-electron chi connectivity index (χ1n) is 6.95. The van der Waals surface area contributed by atoms with Crippen molar-refractivity contribution in [2.45, 2.75) is 39.2 Å². The fraction of sp³-hybridized carbons (Fsp3) is 0.625. The summed E-state index contributed by atoms with van der Waals surface area (Å²) in [4.78, 5) is 0. The Hall–Kier alpha value is -1.06. The van der Waals surface area contributed by atoms with Crippen molar-refractivity contribution in [1.82, 2.24) is 5.32 Å². The minimum absolute atomic E-state index is 0.0619. The Morgan fingerprint density at radius 2 is 2.00 bits per heavy atom. The molecule has 1 saturated heterocycles. The van der Waals surface area contributed by atoms with Gasteiger partial charge < -0.3 is 14.8 Å². The lowest BCUT2D eigenvalue weighted by molar-refractivity contribution is -0.0606. The standard InChI is InChI=1S/C16H25NO2/c1-11(2)17-8-16(9-19-10-16)14-7-12(3)6-13(4)15(14)18-5/h6-7,11,17H,8-10H2,1-5H3. The third kappa shape index (κ3) is 2.77. The van der Waals surface area contributed by atoms with Crippen LogP contribution in [-0.2, 0) is 10.2 Å². The maximum Gasteiger partial charge on any atom is 0.125 e. The van der Waals surface area contributed by atoms with Gasteiger partial charge in [-0.05, 0) is 19.4 Å². The molecule has 0 unspecified atom stereocenters. The van der Waals surface area contributed by atoms with Crippen LogP contribution >= 0.6 is 0 Å². The molecule has 1 fully saturated rings. The fourth-order valence-corrected chi connectivity index (χ4v) is 2.72. The van der Waals surface area contributed by atoms with Gasteiger partial charge in [0.25, 0.3) is 0 Å². The second-order valence-electron chi connectivity index (χ2n) is 5.97. The first-order valence-corrected chi connectivity index (χ1v) is 6.95. The number of benzene rings is 1. The molecule has 1 aromatic carbocycles. The van der Waals surface area contributed by atoms with Crippen molar-refractivity contribution in [3.63, 3.8) is 0 Å². The predicted octanol–water partition coefficient (Wildman–Crippen LogP) is 2.58. The van der Waals surface area contributed by atoms with Crippen molar-refractivity contribution >= 4 is 0 Å². The normalized spacial score (nSPS) is 17.4. The van der Waals surface area contributed by atoms with E-state index < -0.39 is 0 Å². The van der Waals surface area contributed by atoms with E-state index in [0.29, 0.717) is 6.04 Å². The van der Waals surface area contributed by atoms with Gasteiger partial charge in [-0.1, -0.05) is 31.5 Å². The number of ether oxygens (including phenoxy) is 2. The highest BCUT2D eigenvalue weighted by molar-refractivity contribution is 5.49. The quantitative estimate of drug-likeness (QED) is 0.885. The van der Waals surface area contributed by atoms with Gasteiger partial charge in [-0.2, -0.15) is 0 Å². The van der Waals surface area contributed by atoms with E-state index >= 15 is 0 Å². The van der Waals surface area contributed by atoms with E-state index in [2.05, 4.69) is 45.1 Å². The van der Waals surface area contributed by atoms with E-state index in [1.165, 1.54) is 16.7 Å². The molecule has 1 heterocycles. The van der Waals surface area contributed by atoms with Crippen LogP contribution in [0, 0.1) is 13.8 Å². The zero-order chi connectivity index (χ0) is 14.0. The van der Waals surface area contributed by atoms with E-state index in [4.69, 9.17) is 9.47 Å². The summed E-state index contributed by atoms with van der Waals surface area (Å²) in [5, 5.41) is 3.54. The number of rotatable bonds is 5. The molecule has 0 amide bonds. The van der Waals surface area contributed by atoms with Gasteiger partial charge in [0.2, 0.25) is 0 Å². The molecule has 0 bridgehead atoms. The van der Waals surface area contributed by atoms with Gasteiger partial charge in [-0.25, -0.2) is 0 Å². The molecule has 1 N–H and O–H groups in total. The summed E-state index contributed by atoms with van der Waals surface area (Å²) in [5.74, 6) is 1.01. The number of hydrogen-bond donors (Lipinski definition) is 1. The number of hydrogen-bond acceptors (Lipinski definition) is 3. The second kappa shape index (κ2) is 5.51. The third-order valence-electron chi connectivity index (χ3n) is 3.80. The summed E-state index contributed by atoms with van der Waals surface area (Å²) in [5.41, 5.74) is 3.83. The predicted molar refractivity (Wildman–Crippen MR) is 78.1 cm³/mol. The van der Waals surface area contributed by atoms with Gasteiger partial charge in [-0.3, -0.25) is 0 Å². The van der Waals surface area contributed by atoms with Crippen LogP contribution in [0.1, 0.15) is 30.5 Å². The van der Waals surface area contributed by atoms with Gasteiger partial charge in [0.1, 0.15) is 5.75 Å². The van der Waals surface area contributed by atoms with Crippen LogP contribution in [0.5, 0.6) is 5.75 Å². The SMILES string of the molecule is COc1c(C)cc(C)cc1C1(CNC(C)C)COC1. The van der Waals surface area contributed by atoms with Crippen LogP contribution in [0.15, 0.2) is 12.1 Å². The summed E-state index contributed by atoms with van der Waals surface area (Å²) in [6, 6.07) is 4.90. The van der Waals surface area contributed by atoms with Crippen molar-refractivity contribution < 1.29 is 9.47 Å². The minimum Gasteiger partial charge on any atom is -0.496 e. The average molecular weight is 263 g/mol. The van der Waals surface area contributed by atoms with Gasteiger partial charge in [0.15, 0.2) is 0 Å². The number of methoxy groups -OCH3 is 1. The highest BCUT2D eigenvalue weighted by Gasteiger charge is 2.42. The lowest BCUT2D eigenvalue weighted by Gasteiger charge is -2.43. The molecule has 1 aliphatic rings. The molecule has 0 aromatic heterocycles. The molecule has 1 aromatic rings.